The van der Waals surface area contributed by atoms with Crippen molar-refractivity contribution < 1.29 is 9.50 Å². The molecular weight excluding hydrogens is 275 g/mol. The summed E-state index contributed by atoms with van der Waals surface area (Å²) in [4.78, 5) is 26.1. The molecule has 1 heterocycles. The van der Waals surface area contributed by atoms with Crippen LogP contribution < -0.4 is 11.2 Å². The molecule has 1 aromatic heterocycles. The summed E-state index contributed by atoms with van der Waals surface area (Å²) in [5.41, 5.74) is -1.69. The molecule has 3 rings (SSSR count). The lowest BCUT2D eigenvalue weighted by atomic mass is 10.1. The van der Waals surface area contributed by atoms with Crippen LogP contribution in [0.5, 0.6) is 5.88 Å². The van der Waals surface area contributed by atoms with Gasteiger partial charge < -0.3 is 5.11 Å². The number of nitrogens with one attached hydrogen (secondary N) is 1. The molecule has 6 heteroatoms. The van der Waals surface area contributed by atoms with Crippen LogP contribution in [0.3, 0.4) is 0 Å². The number of aromatic nitrogens is 2. The Morgan fingerprint density at radius 1 is 1.33 bits per heavy atom. The van der Waals surface area contributed by atoms with E-state index >= 15 is 0 Å². The summed E-state index contributed by atoms with van der Waals surface area (Å²) < 4.78 is 15.0. The minimum absolute atomic E-state index is 0.0204. The van der Waals surface area contributed by atoms with Gasteiger partial charge in [0.1, 0.15) is 11.4 Å². The second-order valence-electron chi connectivity index (χ2n) is 5.39. The zero-order valence-corrected chi connectivity index (χ0v) is 11.5. The molecule has 0 amide bonds. The SMILES string of the molecule is CC(C1CC1)n1c(O)c(-c2ccccc2F)c(=O)[nH]c1=O. The molecule has 1 fully saturated rings. The van der Waals surface area contributed by atoms with Gasteiger partial charge in [-0.15, -0.1) is 0 Å². The van der Waals surface area contributed by atoms with E-state index in [2.05, 4.69) is 4.98 Å². The second kappa shape index (κ2) is 4.87. The fourth-order valence-electron chi connectivity index (χ4n) is 2.61. The van der Waals surface area contributed by atoms with Gasteiger partial charge >= 0.3 is 5.69 Å². The third-order valence-electron chi connectivity index (χ3n) is 3.97. The van der Waals surface area contributed by atoms with Crippen LogP contribution >= 0.6 is 0 Å². The first-order valence-electron chi connectivity index (χ1n) is 6.83. The van der Waals surface area contributed by atoms with Gasteiger partial charge in [-0.3, -0.25) is 14.3 Å². The highest BCUT2D eigenvalue weighted by Gasteiger charge is 2.32. The Hall–Kier alpha value is -2.37. The molecule has 0 bridgehead atoms. The summed E-state index contributed by atoms with van der Waals surface area (Å²) in [7, 11) is 0. The Kier molecular flexibility index (Phi) is 3.16. The van der Waals surface area contributed by atoms with Gasteiger partial charge in [0.15, 0.2) is 0 Å². The molecular formula is C15H15FN2O3. The van der Waals surface area contributed by atoms with Crippen LogP contribution in [0.4, 0.5) is 4.39 Å². The van der Waals surface area contributed by atoms with Gasteiger partial charge in [-0.2, -0.15) is 0 Å². The van der Waals surface area contributed by atoms with E-state index < -0.39 is 22.9 Å². The molecule has 1 aromatic carbocycles. The van der Waals surface area contributed by atoms with Gasteiger partial charge in [-0.25, -0.2) is 9.18 Å². The Morgan fingerprint density at radius 3 is 2.62 bits per heavy atom. The highest BCUT2D eigenvalue weighted by Crippen LogP contribution is 2.41. The molecule has 110 valence electrons. The van der Waals surface area contributed by atoms with Gasteiger partial charge in [0.05, 0.1) is 0 Å². The Labute approximate surface area is 119 Å². The molecule has 1 aliphatic carbocycles. The van der Waals surface area contributed by atoms with Crippen molar-refractivity contribution in [2.45, 2.75) is 25.8 Å². The lowest BCUT2D eigenvalue weighted by molar-refractivity contribution is 0.355. The lowest BCUT2D eigenvalue weighted by Gasteiger charge is -2.17. The largest absolute Gasteiger partial charge is 0.494 e. The van der Waals surface area contributed by atoms with E-state index in [9.17, 15) is 19.1 Å². The van der Waals surface area contributed by atoms with Crippen molar-refractivity contribution in [3.05, 3.63) is 50.9 Å². The minimum atomic E-state index is -0.790. The molecule has 1 aliphatic rings. The molecule has 2 aromatic rings. The molecule has 5 nitrogen and oxygen atoms in total. The Balaban J connectivity index is 2.26. The Morgan fingerprint density at radius 2 is 2.00 bits per heavy atom. The maximum absolute atomic E-state index is 13.9. The van der Waals surface area contributed by atoms with Crippen LogP contribution in [-0.4, -0.2) is 14.7 Å². The van der Waals surface area contributed by atoms with E-state index in [1.54, 1.807) is 6.07 Å². The quantitative estimate of drug-likeness (QED) is 0.908. The topological polar surface area (TPSA) is 75.1 Å². The molecule has 1 atom stereocenters. The van der Waals surface area contributed by atoms with Crippen molar-refractivity contribution >= 4 is 0 Å². The normalized spacial score (nSPS) is 15.9. The molecule has 1 unspecified atom stereocenters. The first-order valence-corrected chi connectivity index (χ1v) is 6.83. The minimum Gasteiger partial charge on any atom is -0.494 e. The summed E-state index contributed by atoms with van der Waals surface area (Å²) in [6.45, 7) is 1.81. The Bertz CT molecular complexity index is 805. The standard InChI is InChI=1S/C15H15FN2O3/c1-8(9-6-7-9)18-14(20)12(13(19)17-15(18)21)10-4-2-3-5-11(10)16/h2-5,8-9,20H,6-7H2,1H3,(H,17,19,21). The first kappa shape index (κ1) is 13.6. The van der Waals surface area contributed by atoms with Gasteiger partial charge in [0.2, 0.25) is 5.88 Å². The third-order valence-corrected chi connectivity index (χ3v) is 3.97. The van der Waals surface area contributed by atoms with E-state index in [4.69, 9.17) is 0 Å². The number of benzene rings is 1. The summed E-state index contributed by atoms with van der Waals surface area (Å²) in [5.74, 6) is -0.802. The smallest absolute Gasteiger partial charge is 0.331 e. The van der Waals surface area contributed by atoms with E-state index in [0.717, 1.165) is 17.4 Å². The lowest BCUT2D eigenvalue weighted by Crippen LogP contribution is -2.33. The molecule has 0 radical (unpaired) electrons. The van der Waals surface area contributed by atoms with Crippen molar-refractivity contribution in [2.75, 3.05) is 0 Å². The highest BCUT2D eigenvalue weighted by molar-refractivity contribution is 5.67. The summed E-state index contributed by atoms with van der Waals surface area (Å²) in [5, 5.41) is 10.4. The fourth-order valence-corrected chi connectivity index (χ4v) is 2.61. The zero-order valence-electron chi connectivity index (χ0n) is 11.5. The predicted molar refractivity (Wildman–Crippen MR) is 75.8 cm³/mol. The highest BCUT2D eigenvalue weighted by atomic mass is 19.1. The number of hydrogen-bond donors (Lipinski definition) is 2. The fraction of sp³-hybridized carbons (Fsp3) is 0.333. The molecule has 21 heavy (non-hydrogen) atoms. The molecule has 1 saturated carbocycles. The maximum atomic E-state index is 13.9. The molecule has 0 saturated heterocycles. The second-order valence-corrected chi connectivity index (χ2v) is 5.39. The number of aromatic hydroxyl groups is 1. The van der Waals surface area contributed by atoms with Crippen LogP contribution in [-0.2, 0) is 0 Å². The van der Waals surface area contributed by atoms with E-state index in [1.165, 1.54) is 18.2 Å². The summed E-state index contributed by atoms with van der Waals surface area (Å²) >= 11 is 0. The average molecular weight is 290 g/mol. The van der Waals surface area contributed by atoms with Gasteiger partial charge in [-0.05, 0) is 31.7 Å². The number of nitrogens with zero attached hydrogens (tertiary/aromatic N) is 1. The number of aromatic amines is 1. The molecule has 0 aliphatic heterocycles. The van der Waals surface area contributed by atoms with E-state index in [-0.39, 0.29) is 17.2 Å². The number of hydrogen-bond acceptors (Lipinski definition) is 3. The van der Waals surface area contributed by atoms with Crippen molar-refractivity contribution in [3.63, 3.8) is 0 Å². The van der Waals surface area contributed by atoms with Gasteiger partial charge in [0, 0.05) is 11.6 Å². The average Bonchev–Trinajstić information content (AvgIpc) is 3.24. The summed E-state index contributed by atoms with van der Waals surface area (Å²) in [6.07, 6.45) is 1.95. The number of halogens is 1. The van der Waals surface area contributed by atoms with Crippen LogP contribution in [0.1, 0.15) is 25.8 Å². The van der Waals surface area contributed by atoms with Crippen LogP contribution in [0.2, 0.25) is 0 Å². The summed E-state index contributed by atoms with van der Waals surface area (Å²) in [6, 6.07) is 5.42. The van der Waals surface area contributed by atoms with Crippen LogP contribution in [0.25, 0.3) is 11.1 Å². The van der Waals surface area contributed by atoms with Crippen molar-refractivity contribution in [2.24, 2.45) is 5.92 Å². The van der Waals surface area contributed by atoms with E-state index in [1.807, 2.05) is 6.92 Å². The maximum Gasteiger partial charge on any atom is 0.331 e. The monoisotopic (exact) mass is 290 g/mol. The van der Waals surface area contributed by atoms with Gasteiger partial charge in [-0.1, -0.05) is 18.2 Å². The number of rotatable bonds is 3. The predicted octanol–water partition coefficient (Wildman–Crippen LogP) is 2.02. The van der Waals surface area contributed by atoms with Crippen LogP contribution in [0.15, 0.2) is 33.9 Å². The molecule has 2 N–H and O–H groups in total. The number of H-pyrrole nitrogens is 1. The zero-order chi connectivity index (χ0) is 15.1. The van der Waals surface area contributed by atoms with Crippen LogP contribution in [0, 0.1) is 11.7 Å². The molecule has 0 spiro atoms. The van der Waals surface area contributed by atoms with Crippen molar-refractivity contribution in [3.8, 4) is 17.0 Å². The van der Waals surface area contributed by atoms with E-state index in [0.29, 0.717) is 5.92 Å². The van der Waals surface area contributed by atoms with Crippen molar-refractivity contribution in [1.82, 2.24) is 9.55 Å². The first-order chi connectivity index (χ1) is 10.0. The van der Waals surface area contributed by atoms with Gasteiger partial charge in [0.25, 0.3) is 5.56 Å². The van der Waals surface area contributed by atoms with Crippen molar-refractivity contribution in [1.29, 1.82) is 0 Å². The third kappa shape index (κ3) is 2.26.